The highest BCUT2D eigenvalue weighted by Gasteiger charge is 2.18. The summed E-state index contributed by atoms with van der Waals surface area (Å²) in [7, 11) is -0.980. The standard InChI is InChI=1S/C18H24N2O2S/c1-2-22-18-10-6-3-7-15(18)13-23(21)14-16-11-12-20(19-16)17-8-4-5-9-17/h3,6-7,10-12,17H,2,4-5,8-9,13-14H2,1H3. The predicted molar refractivity (Wildman–Crippen MR) is 92.9 cm³/mol. The lowest BCUT2D eigenvalue weighted by Crippen LogP contribution is -2.07. The lowest BCUT2D eigenvalue weighted by Gasteiger charge is -2.10. The van der Waals surface area contributed by atoms with Gasteiger partial charge in [-0.2, -0.15) is 5.10 Å². The fraction of sp³-hybridized carbons (Fsp3) is 0.500. The molecule has 1 atom stereocenters. The molecule has 1 aromatic heterocycles. The van der Waals surface area contributed by atoms with Crippen molar-refractivity contribution in [3.05, 3.63) is 47.8 Å². The van der Waals surface area contributed by atoms with Crippen LogP contribution in [-0.2, 0) is 22.3 Å². The van der Waals surface area contributed by atoms with Crippen LogP contribution in [0.1, 0.15) is 49.9 Å². The van der Waals surface area contributed by atoms with Crippen molar-refractivity contribution in [2.45, 2.75) is 50.2 Å². The van der Waals surface area contributed by atoms with Crippen molar-refractivity contribution in [2.75, 3.05) is 6.61 Å². The molecular formula is C18H24N2O2S. The van der Waals surface area contributed by atoms with Gasteiger partial charge in [-0.1, -0.05) is 31.0 Å². The molecule has 3 rings (SSSR count). The molecule has 0 saturated heterocycles. The molecule has 1 unspecified atom stereocenters. The Morgan fingerprint density at radius 1 is 1.22 bits per heavy atom. The SMILES string of the molecule is CCOc1ccccc1CS(=O)Cc1ccn(C2CCCC2)n1. The number of para-hydroxylation sites is 1. The van der Waals surface area contributed by atoms with Crippen LogP contribution in [-0.4, -0.2) is 20.6 Å². The minimum Gasteiger partial charge on any atom is -0.494 e. The fourth-order valence-corrected chi connectivity index (χ4v) is 4.31. The fourth-order valence-electron chi connectivity index (χ4n) is 3.14. The Balaban J connectivity index is 1.61. The van der Waals surface area contributed by atoms with E-state index in [1.165, 1.54) is 25.7 Å². The molecule has 0 radical (unpaired) electrons. The van der Waals surface area contributed by atoms with E-state index in [1.54, 1.807) is 0 Å². The van der Waals surface area contributed by atoms with Gasteiger partial charge >= 0.3 is 0 Å². The molecule has 0 N–H and O–H groups in total. The van der Waals surface area contributed by atoms with Crippen molar-refractivity contribution in [1.82, 2.24) is 9.78 Å². The zero-order valence-corrected chi connectivity index (χ0v) is 14.4. The highest BCUT2D eigenvalue weighted by Crippen LogP contribution is 2.29. The van der Waals surface area contributed by atoms with Gasteiger partial charge in [-0.3, -0.25) is 8.89 Å². The summed E-state index contributed by atoms with van der Waals surface area (Å²) in [6.07, 6.45) is 7.05. The van der Waals surface area contributed by atoms with E-state index in [1.807, 2.05) is 43.5 Å². The summed E-state index contributed by atoms with van der Waals surface area (Å²) in [4.78, 5) is 0. The minimum absolute atomic E-state index is 0.500. The van der Waals surface area contributed by atoms with Gasteiger partial charge in [0.15, 0.2) is 0 Å². The van der Waals surface area contributed by atoms with Gasteiger partial charge in [-0.15, -0.1) is 0 Å². The van der Waals surface area contributed by atoms with E-state index >= 15 is 0 Å². The van der Waals surface area contributed by atoms with Gasteiger partial charge in [0.05, 0.1) is 29.8 Å². The first-order valence-corrected chi connectivity index (χ1v) is 9.84. The predicted octanol–water partition coefficient (Wildman–Crippen LogP) is 3.85. The van der Waals surface area contributed by atoms with Crippen LogP contribution >= 0.6 is 0 Å². The van der Waals surface area contributed by atoms with E-state index in [2.05, 4.69) is 9.78 Å². The monoisotopic (exact) mass is 332 g/mol. The Labute approximate surface area is 140 Å². The van der Waals surface area contributed by atoms with Crippen LogP contribution in [0.25, 0.3) is 0 Å². The third-order valence-corrected chi connectivity index (χ3v) is 5.51. The molecule has 2 aromatic rings. The maximum Gasteiger partial charge on any atom is 0.123 e. The van der Waals surface area contributed by atoms with Crippen LogP contribution in [0, 0.1) is 0 Å². The molecule has 23 heavy (non-hydrogen) atoms. The molecule has 1 aliphatic rings. The number of rotatable bonds is 7. The molecule has 0 bridgehead atoms. The van der Waals surface area contributed by atoms with Gasteiger partial charge in [0.25, 0.3) is 0 Å². The molecule has 0 aliphatic heterocycles. The van der Waals surface area contributed by atoms with Crippen LogP contribution in [0.4, 0.5) is 0 Å². The van der Waals surface area contributed by atoms with Gasteiger partial charge in [0, 0.05) is 22.6 Å². The molecule has 124 valence electrons. The van der Waals surface area contributed by atoms with E-state index in [9.17, 15) is 4.21 Å². The van der Waals surface area contributed by atoms with Crippen LogP contribution in [0.3, 0.4) is 0 Å². The number of ether oxygens (including phenoxy) is 1. The highest BCUT2D eigenvalue weighted by atomic mass is 32.2. The first-order chi connectivity index (χ1) is 11.3. The number of hydrogen-bond donors (Lipinski definition) is 0. The summed E-state index contributed by atoms with van der Waals surface area (Å²) in [6.45, 7) is 2.58. The second kappa shape index (κ2) is 7.77. The molecule has 1 aliphatic carbocycles. The molecule has 1 aromatic carbocycles. The molecule has 0 amide bonds. The molecule has 1 saturated carbocycles. The first kappa shape index (κ1) is 16.2. The zero-order chi connectivity index (χ0) is 16.1. The number of aromatic nitrogens is 2. The molecule has 1 fully saturated rings. The topological polar surface area (TPSA) is 44.1 Å². The third kappa shape index (κ3) is 4.22. The Morgan fingerprint density at radius 3 is 2.78 bits per heavy atom. The Hall–Kier alpha value is -1.62. The maximum atomic E-state index is 12.5. The van der Waals surface area contributed by atoms with E-state index in [0.717, 1.165) is 17.0 Å². The summed E-state index contributed by atoms with van der Waals surface area (Å²) in [5.41, 5.74) is 1.92. The first-order valence-electron chi connectivity index (χ1n) is 8.36. The van der Waals surface area contributed by atoms with E-state index < -0.39 is 10.8 Å². The number of benzene rings is 1. The molecule has 1 heterocycles. The van der Waals surface area contributed by atoms with Gasteiger partial charge < -0.3 is 4.74 Å². The zero-order valence-electron chi connectivity index (χ0n) is 13.6. The van der Waals surface area contributed by atoms with Crippen molar-refractivity contribution in [3.8, 4) is 5.75 Å². The highest BCUT2D eigenvalue weighted by molar-refractivity contribution is 7.83. The molecule has 0 spiro atoms. The quantitative estimate of drug-likeness (QED) is 0.773. The molecule has 5 heteroatoms. The minimum atomic E-state index is -0.980. The summed E-state index contributed by atoms with van der Waals surface area (Å²) in [5.74, 6) is 1.84. The van der Waals surface area contributed by atoms with Crippen molar-refractivity contribution in [3.63, 3.8) is 0 Å². The second-order valence-electron chi connectivity index (χ2n) is 5.99. The average Bonchev–Trinajstić information content (AvgIpc) is 3.20. The van der Waals surface area contributed by atoms with Crippen LogP contribution in [0.5, 0.6) is 5.75 Å². The normalized spacial score (nSPS) is 16.6. The van der Waals surface area contributed by atoms with Crippen molar-refractivity contribution in [1.29, 1.82) is 0 Å². The molecule has 4 nitrogen and oxygen atoms in total. The lowest BCUT2D eigenvalue weighted by atomic mass is 10.2. The average molecular weight is 332 g/mol. The van der Waals surface area contributed by atoms with Crippen LogP contribution in [0.2, 0.25) is 0 Å². The smallest absolute Gasteiger partial charge is 0.123 e. The van der Waals surface area contributed by atoms with E-state index in [-0.39, 0.29) is 0 Å². The Morgan fingerprint density at radius 2 is 2.00 bits per heavy atom. The second-order valence-corrected chi connectivity index (χ2v) is 7.45. The van der Waals surface area contributed by atoms with Crippen molar-refractivity contribution in [2.24, 2.45) is 0 Å². The lowest BCUT2D eigenvalue weighted by molar-refractivity contribution is 0.337. The Kier molecular flexibility index (Phi) is 5.49. The van der Waals surface area contributed by atoms with Gasteiger partial charge in [0.2, 0.25) is 0 Å². The van der Waals surface area contributed by atoms with Crippen molar-refractivity contribution >= 4 is 10.8 Å². The maximum absolute atomic E-state index is 12.5. The summed E-state index contributed by atoms with van der Waals surface area (Å²) in [5, 5.41) is 4.62. The van der Waals surface area contributed by atoms with Crippen LogP contribution in [0.15, 0.2) is 36.5 Å². The third-order valence-electron chi connectivity index (χ3n) is 4.26. The number of nitrogens with zero attached hydrogens (tertiary/aromatic N) is 2. The van der Waals surface area contributed by atoms with Gasteiger partial charge in [-0.25, -0.2) is 0 Å². The van der Waals surface area contributed by atoms with Crippen LogP contribution < -0.4 is 4.74 Å². The molecular weight excluding hydrogens is 308 g/mol. The summed E-state index contributed by atoms with van der Waals surface area (Å²) < 4.78 is 20.1. The van der Waals surface area contributed by atoms with Crippen molar-refractivity contribution < 1.29 is 8.95 Å². The van der Waals surface area contributed by atoms with Gasteiger partial charge in [0.1, 0.15) is 5.75 Å². The largest absolute Gasteiger partial charge is 0.494 e. The number of hydrogen-bond acceptors (Lipinski definition) is 3. The summed E-state index contributed by atoms with van der Waals surface area (Å²) >= 11 is 0. The Bertz CT molecular complexity index is 663. The van der Waals surface area contributed by atoms with E-state index in [4.69, 9.17) is 4.74 Å². The van der Waals surface area contributed by atoms with E-state index in [0.29, 0.717) is 24.2 Å². The van der Waals surface area contributed by atoms with Gasteiger partial charge in [-0.05, 0) is 31.9 Å². The summed E-state index contributed by atoms with van der Waals surface area (Å²) in [6, 6.07) is 10.4.